The van der Waals surface area contributed by atoms with Gasteiger partial charge in [-0.1, -0.05) is 30.3 Å². The van der Waals surface area contributed by atoms with Crippen LogP contribution in [0.15, 0.2) is 54.6 Å². The molecule has 0 saturated carbocycles. The highest BCUT2D eigenvalue weighted by Crippen LogP contribution is 2.22. The molecule has 2 aromatic rings. The van der Waals surface area contributed by atoms with Crippen LogP contribution in [0.1, 0.15) is 18.4 Å². The summed E-state index contributed by atoms with van der Waals surface area (Å²) in [6, 6.07) is 18.4. The zero-order chi connectivity index (χ0) is 15.7. The lowest BCUT2D eigenvalue weighted by Gasteiger charge is -2.27. The van der Waals surface area contributed by atoms with E-state index in [9.17, 15) is 0 Å². The third-order valence-electron chi connectivity index (χ3n) is 4.28. The van der Waals surface area contributed by atoms with Crippen molar-refractivity contribution in [1.29, 1.82) is 0 Å². The first kappa shape index (κ1) is 16.0. The quantitative estimate of drug-likeness (QED) is 0.789. The van der Waals surface area contributed by atoms with Gasteiger partial charge in [0.25, 0.3) is 0 Å². The van der Waals surface area contributed by atoms with Crippen LogP contribution in [0, 0.1) is 0 Å². The zero-order valence-electron chi connectivity index (χ0n) is 13.7. The topological polar surface area (TPSA) is 24.5 Å². The van der Waals surface area contributed by atoms with Gasteiger partial charge in [-0.25, -0.2) is 0 Å². The van der Waals surface area contributed by atoms with E-state index in [2.05, 4.69) is 28.4 Å². The van der Waals surface area contributed by atoms with E-state index in [0.29, 0.717) is 0 Å². The SMILES string of the molecule is c1ccc(Oc2cccc(CCCCN3CCNCC3)c2)cc1. The molecule has 0 radical (unpaired) electrons. The molecule has 0 amide bonds. The Kier molecular flexibility index (Phi) is 6.07. The van der Waals surface area contributed by atoms with Crippen LogP contribution in [-0.4, -0.2) is 37.6 Å². The molecule has 0 unspecified atom stereocenters. The van der Waals surface area contributed by atoms with E-state index < -0.39 is 0 Å². The van der Waals surface area contributed by atoms with Gasteiger partial charge in [0.15, 0.2) is 0 Å². The number of hydrogen-bond donors (Lipinski definition) is 1. The normalized spacial score (nSPS) is 15.5. The highest BCUT2D eigenvalue weighted by molar-refractivity contribution is 5.33. The first-order valence-corrected chi connectivity index (χ1v) is 8.65. The molecule has 1 heterocycles. The van der Waals surface area contributed by atoms with Crippen molar-refractivity contribution in [3.05, 3.63) is 60.2 Å². The second-order valence-electron chi connectivity index (χ2n) is 6.11. The minimum absolute atomic E-state index is 0.892. The van der Waals surface area contributed by atoms with E-state index >= 15 is 0 Å². The van der Waals surface area contributed by atoms with Crippen molar-refractivity contribution in [3.63, 3.8) is 0 Å². The van der Waals surface area contributed by atoms with Gasteiger partial charge in [-0.3, -0.25) is 0 Å². The maximum absolute atomic E-state index is 5.91. The number of para-hydroxylation sites is 1. The van der Waals surface area contributed by atoms with Crippen LogP contribution in [0.3, 0.4) is 0 Å². The van der Waals surface area contributed by atoms with Crippen molar-refractivity contribution in [2.75, 3.05) is 32.7 Å². The van der Waals surface area contributed by atoms with Crippen LogP contribution in [0.25, 0.3) is 0 Å². The standard InChI is InChI=1S/C20H26N2O/c1-2-9-19(10-3-1)23-20-11-6-8-18(17-20)7-4-5-14-22-15-12-21-13-16-22/h1-3,6,8-11,17,21H,4-5,7,12-16H2. The molecule has 3 rings (SSSR count). The average molecular weight is 310 g/mol. The summed E-state index contributed by atoms with van der Waals surface area (Å²) < 4.78 is 5.91. The van der Waals surface area contributed by atoms with Gasteiger partial charge in [-0.15, -0.1) is 0 Å². The number of aryl methyl sites for hydroxylation is 1. The molecule has 3 heteroatoms. The smallest absolute Gasteiger partial charge is 0.127 e. The second kappa shape index (κ2) is 8.70. The summed E-state index contributed by atoms with van der Waals surface area (Å²) in [6.07, 6.45) is 3.63. The Balaban J connectivity index is 1.44. The van der Waals surface area contributed by atoms with Gasteiger partial charge in [0.05, 0.1) is 0 Å². The molecule has 0 bridgehead atoms. The Labute approximate surface area is 139 Å². The third kappa shape index (κ3) is 5.38. The van der Waals surface area contributed by atoms with E-state index in [0.717, 1.165) is 31.0 Å². The van der Waals surface area contributed by atoms with Crippen LogP contribution < -0.4 is 10.1 Å². The van der Waals surface area contributed by atoms with Gasteiger partial charge < -0.3 is 15.0 Å². The fourth-order valence-corrected chi connectivity index (χ4v) is 2.99. The summed E-state index contributed by atoms with van der Waals surface area (Å²) in [5.74, 6) is 1.82. The molecule has 2 aromatic carbocycles. The van der Waals surface area contributed by atoms with Crippen LogP contribution >= 0.6 is 0 Å². The van der Waals surface area contributed by atoms with Crippen LogP contribution in [0.2, 0.25) is 0 Å². The lowest BCUT2D eigenvalue weighted by molar-refractivity contribution is 0.237. The fourth-order valence-electron chi connectivity index (χ4n) is 2.99. The minimum Gasteiger partial charge on any atom is -0.457 e. The fraction of sp³-hybridized carbons (Fsp3) is 0.400. The molecule has 1 fully saturated rings. The van der Waals surface area contributed by atoms with Crippen molar-refractivity contribution >= 4 is 0 Å². The lowest BCUT2D eigenvalue weighted by Crippen LogP contribution is -2.43. The van der Waals surface area contributed by atoms with E-state index in [4.69, 9.17) is 4.74 Å². The predicted octanol–water partition coefficient (Wildman–Crippen LogP) is 3.71. The molecule has 3 nitrogen and oxygen atoms in total. The second-order valence-corrected chi connectivity index (χ2v) is 6.11. The van der Waals surface area contributed by atoms with E-state index in [1.54, 1.807) is 0 Å². The highest BCUT2D eigenvalue weighted by atomic mass is 16.5. The number of rotatable bonds is 7. The number of ether oxygens (including phenoxy) is 1. The van der Waals surface area contributed by atoms with Gasteiger partial charge >= 0.3 is 0 Å². The summed E-state index contributed by atoms with van der Waals surface area (Å²) in [5, 5.41) is 3.40. The lowest BCUT2D eigenvalue weighted by atomic mass is 10.1. The Morgan fingerprint density at radius 3 is 2.48 bits per heavy atom. The van der Waals surface area contributed by atoms with Crippen molar-refractivity contribution in [2.45, 2.75) is 19.3 Å². The molecule has 1 aliphatic rings. The molecule has 1 N–H and O–H groups in total. The van der Waals surface area contributed by atoms with Crippen molar-refractivity contribution in [1.82, 2.24) is 10.2 Å². The van der Waals surface area contributed by atoms with Gasteiger partial charge in [0.2, 0.25) is 0 Å². The number of benzene rings is 2. The maximum Gasteiger partial charge on any atom is 0.127 e. The number of unbranched alkanes of at least 4 members (excludes halogenated alkanes) is 1. The molecule has 23 heavy (non-hydrogen) atoms. The van der Waals surface area contributed by atoms with E-state index in [1.165, 1.54) is 38.0 Å². The van der Waals surface area contributed by atoms with E-state index in [1.807, 2.05) is 36.4 Å². The highest BCUT2D eigenvalue weighted by Gasteiger charge is 2.08. The summed E-state index contributed by atoms with van der Waals surface area (Å²) in [7, 11) is 0. The summed E-state index contributed by atoms with van der Waals surface area (Å²) in [6.45, 7) is 5.89. The van der Waals surface area contributed by atoms with E-state index in [-0.39, 0.29) is 0 Å². The maximum atomic E-state index is 5.91. The summed E-state index contributed by atoms with van der Waals surface area (Å²) >= 11 is 0. The Hall–Kier alpha value is -1.84. The van der Waals surface area contributed by atoms with Crippen molar-refractivity contribution in [2.24, 2.45) is 0 Å². The van der Waals surface area contributed by atoms with Gasteiger partial charge in [0.1, 0.15) is 11.5 Å². The minimum atomic E-state index is 0.892. The molecule has 0 aromatic heterocycles. The van der Waals surface area contributed by atoms with Gasteiger partial charge in [-0.2, -0.15) is 0 Å². The summed E-state index contributed by atoms with van der Waals surface area (Å²) in [5.41, 5.74) is 1.36. The Morgan fingerprint density at radius 2 is 1.65 bits per heavy atom. The predicted molar refractivity (Wildman–Crippen MR) is 95.2 cm³/mol. The number of piperazine rings is 1. The Bertz CT molecular complexity index is 579. The Morgan fingerprint density at radius 1 is 0.870 bits per heavy atom. The molecule has 1 saturated heterocycles. The number of nitrogens with zero attached hydrogens (tertiary/aromatic N) is 1. The molecular formula is C20H26N2O. The van der Waals surface area contributed by atoms with Crippen LogP contribution in [0.5, 0.6) is 11.5 Å². The number of nitrogens with one attached hydrogen (secondary N) is 1. The third-order valence-corrected chi connectivity index (χ3v) is 4.28. The largest absolute Gasteiger partial charge is 0.457 e. The van der Waals surface area contributed by atoms with Crippen molar-refractivity contribution < 1.29 is 4.74 Å². The monoisotopic (exact) mass is 310 g/mol. The number of hydrogen-bond acceptors (Lipinski definition) is 3. The van der Waals surface area contributed by atoms with Gasteiger partial charge in [-0.05, 0) is 55.6 Å². The first-order chi connectivity index (χ1) is 11.4. The molecular weight excluding hydrogens is 284 g/mol. The van der Waals surface area contributed by atoms with Crippen LogP contribution in [-0.2, 0) is 6.42 Å². The molecule has 122 valence electrons. The molecule has 0 atom stereocenters. The molecule has 0 spiro atoms. The molecule has 1 aliphatic heterocycles. The van der Waals surface area contributed by atoms with Crippen LogP contribution in [0.4, 0.5) is 0 Å². The average Bonchev–Trinajstić information content (AvgIpc) is 2.61. The first-order valence-electron chi connectivity index (χ1n) is 8.65. The van der Waals surface area contributed by atoms with Gasteiger partial charge in [0, 0.05) is 26.2 Å². The zero-order valence-corrected chi connectivity index (χ0v) is 13.7. The summed E-state index contributed by atoms with van der Waals surface area (Å²) in [4.78, 5) is 2.56. The van der Waals surface area contributed by atoms with Crippen molar-refractivity contribution in [3.8, 4) is 11.5 Å². The molecule has 0 aliphatic carbocycles.